The highest BCUT2D eigenvalue weighted by molar-refractivity contribution is 5.87. The van der Waals surface area contributed by atoms with Crippen LogP contribution in [0.1, 0.15) is 37.1 Å². The molecule has 120 valence electrons. The minimum atomic E-state index is -0.659. The smallest absolute Gasteiger partial charge is 0.240 e. The molecule has 0 fully saturated rings. The lowest BCUT2D eigenvalue weighted by Crippen LogP contribution is -2.51. The Morgan fingerprint density at radius 1 is 1.48 bits per heavy atom. The molecule has 23 heavy (non-hydrogen) atoms. The first-order valence-electron chi connectivity index (χ1n) is 7.52. The number of carbonyl (C=O) groups is 2. The van der Waals surface area contributed by atoms with E-state index in [-0.39, 0.29) is 12.3 Å². The van der Waals surface area contributed by atoms with Gasteiger partial charge in [-0.2, -0.15) is 10.2 Å². The molecule has 0 bridgehead atoms. The molecule has 0 spiro atoms. The molecule has 1 aromatic heterocycles. The second kappa shape index (κ2) is 5.83. The number of aromatic amines is 1. The molecular weight excluding hydrogens is 296 g/mol. The summed E-state index contributed by atoms with van der Waals surface area (Å²) < 4.78 is 0. The second-order valence-electron chi connectivity index (χ2n) is 5.86. The molecule has 0 aliphatic carbocycles. The molecule has 1 aromatic rings. The van der Waals surface area contributed by atoms with Crippen LogP contribution in [0.25, 0.3) is 0 Å². The zero-order valence-corrected chi connectivity index (χ0v) is 12.7. The van der Waals surface area contributed by atoms with E-state index in [9.17, 15) is 9.59 Å². The highest BCUT2D eigenvalue weighted by Crippen LogP contribution is 2.38. The van der Waals surface area contributed by atoms with Crippen molar-refractivity contribution in [1.29, 1.82) is 0 Å². The fourth-order valence-corrected chi connectivity index (χ4v) is 2.87. The van der Waals surface area contributed by atoms with Crippen molar-refractivity contribution in [3.63, 3.8) is 0 Å². The van der Waals surface area contributed by atoms with Crippen LogP contribution >= 0.6 is 0 Å². The fraction of sp³-hybridized carbons (Fsp3) is 0.533. The summed E-state index contributed by atoms with van der Waals surface area (Å²) in [5.41, 5.74) is 6.58. The van der Waals surface area contributed by atoms with Crippen molar-refractivity contribution in [2.45, 2.75) is 50.4 Å². The van der Waals surface area contributed by atoms with Crippen LogP contribution in [-0.2, 0) is 22.6 Å². The molecule has 3 rings (SSSR count). The van der Waals surface area contributed by atoms with E-state index in [1.807, 2.05) is 0 Å². The van der Waals surface area contributed by atoms with Gasteiger partial charge in [-0.15, -0.1) is 12.3 Å². The van der Waals surface area contributed by atoms with Crippen molar-refractivity contribution in [2.24, 2.45) is 16.0 Å². The number of nitrogens with one attached hydrogen (secondary N) is 1. The lowest BCUT2D eigenvalue weighted by Gasteiger charge is -2.33. The molecule has 2 aliphatic rings. The van der Waals surface area contributed by atoms with E-state index in [0.29, 0.717) is 32.2 Å². The van der Waals surface area contributed by atoms with Gasteiger partial charge in [0.25, 0.3) is 0 Å². The number of H-pyrrole nitrogens is 1. The maximum atomic E-state index is 12.6. The Kier molecular flexibility index (Phi) is 3.86. The fourth-order valence-electron chi connectivity index (χ4n) is 2.87. The van der Waals surface area contributed by atoms with Gasteiger partial charge < -0.3 is 15.6 Å². The Hall–Kier alpha value is -2.69. The number of nitrogens with zero attached hydrogens (tertiary/aromatic N) is 4. The molecule has 0 radical (unpaired) electrons. The number of primary amides is 1. The first kappa shape index (κ1) is 15.2. The molecule has 0 saturated carbocycles. The number of rotatable bonds is 6. The van der Waals surface area contributed by atoms with Crippen molar-refractivity contribution in [2.75, 3.05) is 0 Å². The normalized spacial score (nSPS) is 20.7. The maximum absolute atomic E-state index is 12.6. The van der Waals surface area contributed by atoms with Crippen molar-refractivity contribution < 1.29 is 9.59 Å². The summed E-state index contributed by atoms with van der Waals surface area (Å²) in [7, 11) is 0. The number of amides is 2. The van der Waals surface area contributed by atoms with Crippen LogP contribution in [0.4, 0.5) is 0 Å². The van der Waals surface area contributed by atoms with Crippen molar-refractivity contribution >= 4 is 11.8 Å². The van der Waals surface area contributed by atoms with Gasteiger partial charge in [-0.25, -0.2) is 4.98 Å². The minimum Gasteiger partial charge on any atom is -0.368 e. The third-order valence-electron chi connectivity index (χ3n) is 4.34. The van der Waals surface area contributed by atoms with Crippen LogP contribution in [0.3, 0.4) is 0 Å². The lowest BCUT2D eigenvalue weighted by atomic mass is 9.98. The van der Waals surface area contributed by atoms with Gasteiger partial charge in [0.05, 0.1) is 24.3 Å². The van der Waals surface area contributed by atoms with Crippen LogP contribution in [0.2, 0.25) is 0 Å². The Balaban J connectivity index is 1.64. The molecule has 0 saturated heterocycles. The SMILES string of the molecule is C#CCCC1(CCC(=O)N2Cc3[nH]cnc3CC2C(N)=O)N=N1. The average Bonchev–Trinajstić information content (AvgIpc) is 3.16. The van der Waals surface area contributed by atoms with E-state index in [0.717, 1.165) is 11.4 Å². The summed E-state index contributed by atoms with van der Waals surface area (Å²) in [5, 5.41) is 8.04. The number of aromatic nitrogens is 2. The third kappa shape index (κ3) is 3.08. The van der Waals surface area contributed by atoms with Crippen LogP contribution in [0, 0.1) is 12.3 Å². The second-order valence-corrected chi connectivity index (χ2v) is 5.86. The highest BCUT2D eigenvalue weighted by atomic mass is 16.2. The van der Waals surface area contributed by atoms with Crippen molar-refractivity contribution in [3.05, 3.63) is 17.7 Å². The van der Waals surface area contributed by atoms with Gasteiger partial charge in [0.15, 0.2) is 5.66 Å². The predicted octanol–water partition coefficient (Wildman–Crippen LogP) is 0.504. The predicted molar refractivity (Wildman–Crippen MR) is 80.7 cm³/mol. The molecule has 0 aromatic carbocycles. The maximum Gasteiger partial charge on any atom is 0.240 e. The van der Waals surface area contributed by atoms with E-state index in [2.05, 4.69) is 26.1 Å². The summed E-state index contributed by atoms with van der Waals surface area (Å²) in [5.74, 6) is 1.91. The average molecular weight is 314 g/mol. The van der Waals surface area contributed by atoms with Gasteiger partial charge in [0.2, 0.25) is 11.8 Å². The molecule has 2 amide bonds. The Labute approximate surface area is 133 Å². The first-order chi connectivity index (χ1) is 11.0. The van der Waals surface area contributed by atoms with Crippen molar-refractivity contribution in [1.82, 2.24) is 14.9 Å². The summed E-state index contributed by atoms with van der Waals surface area (Å²) >= 11 is 0. The minimum absolute atomic E-state index is 0.133. The van der Waals surface area contributed by atoms with Gasteiger partial charge in [-0.05, 0) is 0 Å². The Bertz CT molecular complexity index is 695. The zero-order valence-electron chi connectivity index (χ0n) is 12.7. The number of imidazole rings is 1. The first-order valence-corrected chi connectivity index (χ1v) is 7.52. The van der Waals surface area contributed by atoms with E-state index in [1.54, 1.807) is 6.33 Å². The quantitative estimate of drug-likeness (QED) is 0.745. The van der Waals surface area contributed by atoms with Crippen molar-refractivity contribution in [3.8, 4) is 12.3 Å². The molecule has 8 heteroatoms. The molecule has 3 heterocycles. The monoisotopic (exact) mass is 314 g/mol. The van der Waals surface area contributed by atoms with Gasteiger partial charge in [0, 0.05) is 32.1 Å². The number of nitrogens with two attached hydrogens (primary N) is 1. The van der Waals surface area contributed by atoms with E-state index in [4.69, 9.17) is 12.2 Å². The van der Waals surface area contributed by atoms with Gasteiger partial charge in [-0.1, -0.05) is 0 Å². The summed E-state index contributed by atoms with van der Waals surface area (Å²) in [6, 6.07) is -0.659. The number of hydrogen-bond acceptors (Lipinski definition) is 5. The Morgan fingerprint density at radius 2 is 2.26 bits per heavy atom. The topological polar surface area (TPSA) is 117 Å². The van der Waals surface area contributed by atoms with Crippen LogP contribution in [0.5, 0.6) is 0 Å². The van der Waals surface area contributed by atoms with E-state index in [1.165, 1.54) is 4.90 Å². The zero-order chi connectivity index (χ0) is 16.4. The molecule has 1 unspecified atom stereocenters. The summed E-state index contributed by atoms with van der Waals surface area (Å²) in [6.07, 6.45) is 9.15. The Morgan fingerprint density at radius 3 is 2.91 bits per heavy atom. The summed E-state index contributed by atoms with van der Waals surface area (Å²) in [6.45, 7) is 0.313. The van der Waals surface area contributed by atoms with Gasteiger partial charge in [-0.3, -0.25) is 9.59 Å². The summed E-state index contributed by atoms with van der Waals surface area (Å²) in [4.78, 5) is 32.9. The standard InChI is InChI=1S/C15H18N6O2/c1-2-3-5-15(19-20-15)6-4-13(22)21-8-11-10(17-9-18-11)7-12(21)14(16)23/h1,9,12H,3-8H2,(H2,16,23)(H,17,18). The van der Waals surface area contributed by atoms with E-state index < -0.39 is 17.6 Å². The number of carbonyl (C=O) groups excluding carboxylic acids is 2. The molecule has 3 N–H and O–H groups in total. The highest BCUT2D eigenvalue weighted by Gasteiger charge is 2.41. The number of terminal acetylenes is 1. The largest absolute Gasteiger partial charge is 0.368 e. The third-order valence-corrected chi connectivity index (χ3v) is 4.34. The number of hydrogen-bond donors (Lipinski definition) is 2. The van der Waals surface area contributed by atoms with Gasteiger partial charge >= 0.3 is 0 Å². The van der Waals surface area contributed by atoms with Crippen LogP contribution < -0.4 is 5.73 Å². The van der Waals surface area contributed by atoms with Crippen LogP contribution in [-0.4, -0.2) is 38.4 Å². The molecule has 2 aliphatic heterocycles. The number of fused-ring (bicyclic) bond motifs is 1. The van der Waals surface area contributed by atoms with E-state index >= 15 is 0 Å². The van der Waals surface area contributed by atoms with Crippen LogP contribution in [0.15, 0.2) is 16.6 Å². The molecular formula is C15H18N6O2. The van der Waals surface area contributed by atoms with Gasteiger partial charge in [0.1, 0.15) is 6.04 Å². The molecule has 8 nitrogen and oxygen atoms in total. The lowest BCUT2D eigenvalue weighted by molar-refractivity contribution is -0.141. The molecule has 1 atom stereocenters.